The molecule has 5 heteroatoms. The molecule has 1 aromatic heterocycles. The number of H-pyrrole nitrogens is 1. The SMILES string of the molecule is O=C(Cc1ccccc1F)Nc1ccc2cn[nH]c2c1. The second-order valence-electron chi connectivity index (χ2n) is 4.49. The summed E-state index contributed by atoms with van der Waals surface area (Å²) in [5.74, 6) is -0.624. The van der Waals surface area contributed by atoms with Gasteiger partial charge in [0.15, 0.2) is 0 Å². The predicted molar refractivity (Wildman–Crippen MR) is 74.8 cm³/mol. The number of aromatic nitrogens is 2. The van der Waals surface area contributed by atoms with Crippen molar-refractivity contribution < 1.29 is 9.18 Å². The van der Waals surface area contributed by atoms with Crippen molar-refractivity contribution in [1.82, 2.24) is 10.2 Å². The molecule has 0 saturated heterocycles. The zero-order valence-electron chi connectivity index (χ0n) is 10.6. The third-order valence-electron chi connectivity index (χ3n) is 3.03. The molecule has 100 valence electrons. The molecule has 0 aliphatic heterocycles. The fraction of sp³-hybridized carbons (Fsp3) is 0.0667. The Morgan fingerprint density at radius 2 is 2.10 bits per heavy atom. The molecule has 1 amide bonds. The van der Waals surface area contributed by atoms with Gasteiger partial charge in [0, 0.05) is 11.1 Å². The van der Waals surface area contributed by atoms with Gasteiger partial charge in [0.2, 0.25) is 5.91 Å². The molecule has 0 unspecified atom stereocenters. The smallest absolute Gasteiger partial charge is 0.228 e. The number of carbonyl (C=O) groups is 1. The van der Waals surface area contributed by atoms with Gasteiger partial charge in [0.05, 0.1) is 18.1 Å². The maximum absolute atomic E-state index is 13.5. The number of nitrogens with zero attached hydrogens (tertiary/aromatic N) is 1. The number of hydrogen-bond donors (Lipinski definition) is 2. The van der Waals surface area contributed by atoms with Gasteiger partial charge in [-0.25, -0.2) is 4.39 Å². The lowest BCUT2D eigenvalue weighted by Crippen LogP contribution is -2.15. The van der Waals surface area contributed by atoms with Crippen LogP contribution in [-0.2, 0) is 11.2 Å². The molecule has 3 aromatic rings. The monoisotopic (exact) mass is 269 g/mol. The van der Waals surface area contributed by atoms with E-state index in [1.807, 2.05) is 6.07 Å². The molecule has 4 nitrogen and oxygen atoms in total. The normalized spacial score (nSPS) is 10.7. The van der Waals surface area contributed by atoms with Crippen LogP contribution in [0, 0.1) is 5.82 Å². The summed E-state index contributed by atoms with van der Waals surface area (Å²) >= 11 is 0. The molecule has 0 bridgehead atoms. The minimum atomic E-state index is -0.369. The van der Waals surface area contributed by atoms with Crippen LogP contribution in [-0.4, -0.2) is 16.1 Å². The number of aromatic amines is 1. The predicted octanol–water partition coefficient (Wildman–Crippen LogP) is 2.88. The summed E-state index contributed by atoms with van der Waals surface area (Å²) in [6.45, 7) is 0. The van der Waals surface area contributed by atoms with Gasteiger partial charge in [-0.05, 0) is 29.8 Å². The minimum absolute atomic E-state index is 0.00763. The zero-order valence-corrected chi connectivity index (χ0v) is 10.6. The van der Waals surface area contributed by atoms with Gasteiger partial charge in [0.25, 0.3) is 0 Å². The molecule has 0 fully saturated rings. The first-order valence-electron chi connectivity index (χ1n) is 6.19. The average molecular weight is 269 g/mol. The Morgan fingerprint density at radius 1 is 1.25 bits per heavy atom. The molecular formula is C15H12FN3O. The van der Waals surface area contributed by atoms with Gasteiger partial charge in [-0.2, -0.15) is 5.10 Å². The first-order chi connectivity index (χ1) is 9.72. The third-order valence-corrected chi connectivity index (χ3v) is 3.03. The largest absolute Gasteiger partial charge is 0.326 e. The van der Waals surface area contributed by atoms with E-state index >= 15 is 0 Å². The van der Waals surface area contributed by atoms with Crippen LogP contribution in [0.4, 0.5) is 10.1 Å². The minimum Gasteiger partial charge on any atom is -0.326 e. The van der Waals surface area contributed by atoms with Crippen molar-refractivity contribution in [3.05, 3.63) is 60.0 Å². The molecule has 2 aromatic carbocycles. The maximum Gasteiger partial charge on any atom is 0.228 e. The molecule has 0 atom stereocenters. The highest BCUT2D eigenvalue weighted by atomic mass is 19.1. The Labute approximate surface area is 114 Å². The summed E-state index contributed by atoms with van der Waals surface area (Å²) in [7, 11) is 0. The highest BCUT2D eigenvalue weighted by Gasteiger charge is 2.08. The molecule has 0 aliphatic carbocycles. The van der Waals surface area contributed by atoms with E-state index < -0.39 is 0 Å². The number of nitrogens with one attached hydrogen (secondary N) is 2. The van der Waals surface area contributed by atoms with Crippen LogP contribution >= 0.6 is 0 Å². The summed E-state index contributed by atoms with van der Waals surface area (Å²) in [5.41, 5.74) is 1.88. The first-order valence-corrected chi connectivity index (χ1v) is 6.19. The molecule has 0 spiro atoms. The number of benzene rings is 2. The maximum atomic E-state index is 13.5. The van der Waals surface area contributed by atoms with E-state index in [2.05, 4.69) is 15.5 Å². The van der Waals surface area contributed by atoms with Crippen LogP contribution in [0.2, 0.25) is 0 Å². The van der Waals surface area contributed by atoms with Crippen molar-refractivity contribution in [2.24, 2.45) is 0 Å². The van der Waals surface area contributed by atoms with Crippen molar-refractivity contribution in [2.45, 2.75) is 6.42 Å². The second-order valence-corrected chi connectivity index (χ2v) is 4.49. The molecule has 20 heavy (non-hydrogen) atoms. The van der Waals surface area contributed by atoms with Crippen LogP contribution in [0.15, 0.2) is 48.7 Å². The van der Waals surface area contributed by atoms with Crippen molar-refractivity contribution in [2.75, 3.05) is 5.32 Å². The number of rotatable bonds is 3. The quantitative estimate of drug-likeness (QED) is 0.768. The van der Waals surface area contributed by atoms with Gasteiger partial charge in [-0.15, -0.1) is 0 Å². The average Bonchev–Trinajstić information content (AvgIpc) is 2.89. The standard InChI is InChI=1S/C15H12FN3O/c16-13-4-2-1-3-10(13)7-15(20)18-12-6-5-11-9-17-19-14(11)8-12/h1-6,8-9H,7H2,(H,17,19)(H,18,20). The number of carbonyl (C=O) groups excluding carboxylic acids is 1. The second kappa shape index (κ2) is 5.13. The number of amides is 1. The van der Waals surface area contributed by atoms with E-state index in [0.717, 1.165) is 10.9 Å². The number of fused-ring (bicyclic) bond motifs is 1. The first kappa shape index (κ1) is 12.3. The van der Waals surface area contributed by atoms with E-state index in [1.165, 1.54) is 6.07 Å². The fourth-order valence-corrected chi connectivity index (χ4v) is 2.03. The van der Waals surface area contributed by atoms with Crippen molar-refractivity contribution in [1.29, 1.82) is 0 Å². The van der Waals surface area contributed by atoms with Gasteiger partial charge >= 0.3 is 0 Å². The fourth-order valence-electron chi connectivity index (χ4n) is 2.03. The van der Waals surface area contributed by atoms with Crippen LogP contribution in [0.3, 0.4) is 0 Å². The lowest BCUT2D eigenvalue weighted by atomic mass is 10.1. The highest BCUT2D eigenvalue weighted by molar-refractivity contribution is 5.94. The number of anilines is 1. The van der Waals surface area contributed by atoms with E-state index in [0.29, 0.717) is 11.3 Å². The van der Waals surface area contributed by atoms with Gasteiger partial charge in [-0.3, -0.25) is 9.89 Å². The Kier molecular flexibility index (Phi) is 3.16. The summed E-state index contributed by atoms with van der Waals surface area (Å²) in [4.78, 5) is 11.9. The van der Waals surface area contributed by atoms with E-state index in [1.54, 1.807) is 36.5 Å². The Morgan fingerprint density at radius 3 is 2.95 bits per heavy atom. The molecule has 3 rings (SSSR count). The van der Waals surface area contributed by atoms with Gasteiger partial charge < -0.3 is 5.32 Å². The number of hydrogen-bond acceptors (Lipinski definition) is 2. The summed E-state index contributed by atoms with van der Waals surface area (Å²) in [6.07, 6.45) is 1.72. The van der Waals surface area contributed by atoms with Crippen LogP contribution in [0.5, 0.6) is 0 Å². The topological polar surface area (TPSA) is 57.8 Å². The number of halogens is 1. The lowest BCUT2D eigenvalue weighted by molar-refractivity contribution is -0.115. The summed E-state index contributed by atoms with van der Waals surface area (Å²) < 4.78 is 13.5. The van der Waals surface area contributed by atoms with Gasteiger partial charge in [0.1, 0.15) is 5.82 Å². The summed E-state index contributed by atoms with van der Waals surface area (Å²) in [5, 5.41) is 10.5. The molecule has 1 heterocycles. The molecule has 0 radical (unpaired) electrons. The molecular weight excluding hydrogens is 257 g/mol. The molecule has 2 N–H and O–H groups in total. The zero-order chi connectivity index (χ0) is 13.9. The van der Waals surface area contributed by atoms with Crippen LogP contribution in [0.1, 0.15) is 5.56 Å². The molecule has 0 saturated carbocycles. The Balaban J connectivity index is 1.74. The van der Waals surface area contributed by atoms with Crippen molar-refractivity contribution >= 4 is 22.5 Å². The molecule has 0 aliphatic rings. The van der Waals surface area contributed by atoms with Crippen LogP contribution in [0.25, 0.3) is 10.9 Å². The van der Waals surface area contributed by atoms with Gasteiger partial charge in [-0.1, -0.05) is 18.2 Å². The Bertz CT molecular complexity index is 766. The van der Waals surface area contributed by atoms with E-state index in [9.17, 15) is 9.18 Å². The van der Waals surface area contributed by atoms with Crippen molar-refractivity contribution in [3.63, 3.8) is 0 Å². The van der Waals surface area contributed by atoms with Crippen LogP contribution < -0.4 is 5.32 Å². The van der Waals surface area contributed by atoms with E-state index in [-0.39, 0.29) is 18.1 Å². The lowest BCUT2D eigenvalue weighted by Gasteiger charge is -2.06. The Hall–Kier alpha value is -2.69. The highest BCUT2D eigenvalue weighted by Crippen LogP contribution is 2.17. The summed E-state index contributed by atoms with van der Waals surface area (Å²) in [6, 6.07) is 11.7. The van der Waals surface area contributed by atoms with Crippen molar-refractivity contribution in [3.8, 4) is 0 Å². The van der Waals surface area contributed by atoms with E-state index in [4.69, 9.17) is 0 Å². The third kappa shape index (κ3) is 2.51.